The molecule has 1 heterocycles. The Morgan fingerprint density at radius 2 is 1.49 bits per heavy atom. The summed E-state index contributed by atoms with van der Waals surface area (Å²) in [7, 11) is 1.66. The molecule has 2 atom stereocenters. The Morgan fingerprint density at radius 1 is 0.795 bits per heavy atom. The van der Waals surface area contributed by atoms with Crippen molar-refractivity contribution in [2.24, 2.45) is 0 Å². The van der Waals surface area contributed by atoms with E-state index in [9.17, 15) is 5.11 Å². The molecule has 0 saturated carbocycles. The second kappa shape index (κ2) is 12.4. The standard InChI is InChI=1S/C33H34Cl2N2O2/c1-39-31-16-12-27(13-17-31)33(38,23-25-6-3-2-4-7-25)32(26-10-14-28(34)15-11-26)24-36-18-20-37(21-19-36)30-9-5-8-29(35)22-30/h2-17,22,32,38H,18-21,23-24H2,1H3/t32-,33-/m1/s1. The van der Waals surface area contributed by atoms with E-state index >= 15 is 0 Å². The summed E-state index contributed by atoms with van der Waals surface area (Å²) in [5.41, 5.74) is 3.00. The molecular weight excluding hydrogens is 527 g/mol. The molecule has 1 aliphatic heterocycles. The Balaban J connectivity index is 1.47. The molecule has 0 aromatic heterocycles. The summed E-state index contributed by atoms with van der Waals surface area (Å²) in [4.78, 5) is 4.83. The number of nitrogens with zero attached hydrogens (tertiary/aromatic N) is 2. The van der Waals surface area contributed by atoms with Crippen molar-refractivity contribution in [3.05, 3.63) is 130 Å². The maximum Gasteiger partial charge on any atom is 0.118 e. The summed E-state index contributed by atoms with van der Waals surface area (Å²) in [6, 6.07) is 34.0. The van der Waals surface area contributed by atoms with Gasteiger partial charge in [-0.1, -0.05) is 83.9 Å². The van der Waals surface area contributed by atoms with E-state index in [1.54, 1.807) is 7.11 Å². The Hall–Kier alpha value is -3.02. The van der Waals surface area contributed by atoms with Crippen LogP contribution in [0.2, 0.25) is 10.0 Å². The Kier molecular flexibility index (Phi) is 8.79. The van der Waals surface area contributed by atoms with Gasteiger partial charge in [0.25, 0.3) is 0 Å². The van der Waals surface area contributed by atoms with E-state index in [1.165, 1.54) is 0 Å². The van der Waals surface area contributed by atoms with Gasteiger partial charge in [0.05, 0.1) is 7.11 Å². The maximum absolute atomic E-state index is 12.7. The zero-order valence-electron chi connectivity index (χ0n) is 22.1. The normalized spacial score (nSPS) is 16.5. The summed E-state index contributed by atoms with van der Waals surface area (Å²) < 4.78 is 5.42. The minimum absolute atomic E-state index is 0.193. The third kappa shape index (κ3) is 6.59. The number of hydrogen-bond donors (Lipinski definition) is 1. The highest BCUT2D eigenvalue weighted by Gasteiger charge is 2.41. The van der Waals surface area contributed by atoms with Gasteiger partial charge < -0.3 is 14.7 Å². The minimum atomic E-state index is -1.16. The first kappa shape index (κ1) is 27.5. The maximum atomic E-state index is 12.7. The third-order valence-corrected chi connectivity index (χ3v) is 8.23. The minimum Gasteiger partial charge on any atom is -0.497 e. The zero-order valence-corrected chi connectivity index (χ0v) is 23.7. The van der Waals surface area contributed by atoms with Crippen LogP contribution in [0.4, 0.5) is 5.69 Å². The van der Waals surface area contributed by atoms with Crippen molar-refractivity contribution in [1.82, 2.24) is 4.90 Å². The average molecular weight is 562 g/mol. The second-order valence-electron chi connectivity index (χ2n) is 10.2. The molecule has 4 nitrogen and oxygen atoms in total. The quantitative estimate of drug-likeness (QED) is 0.238. The molecule has 1 saturated heterocycles. The fraction of sp³-hybridized carbons (Fsp3) is 0.273. The number of anilines is 1. The van der Waals surface area contributed by atoms with Crippen LogP contribution >= 0.6 is 23.2 Å². The lowest BCUT2D eigenvalue weighted by atomic mass is 9.73. The molecule has 6 heteroatoms. The van der Waals surface area contributed by atoms with Crippen LogP contribution in [0.25, 0.3) is 0 Å². The van der Waals surface area contributed by atoms with E-state index in [4.69, 9.17) is 27.9 Å². The third-order valence-electron chi connectivity index (χ3n) is 7.74. The van der Waals surface area contributed by atoms with Crippen LogP contribution < -0.4 is 9.64 Å². The van der Waals surface area contributed by atoms with E-state index < -0.39 is 5.60 Å². The van der Waals surface area contributed by atoms with Crippen LogP contribution in [-0.4, -0.2) is 49.8 Å². The predicted octanol–water partition coefficient (Wildman–Crippen LogP) is 7.04. The Morgan fingerprint density at radius 3 is 2.13 bits per heavy atom. The van der Waals surface area contributed by atoms with Crippen molar-refractivity contribution in [2.75, 3.05) is 44.7 Å². The van der Waals surface area contributed by atoms with Crippen molar-refractivity contribution in [3.63, 3.8) is 0 Å². The van der Waals surface area contributed by atoms with Crippen molar-refractivity contribution in [2.45, 2.75) is 17.9 Å². The van der Waals surface area contributed by atoms with E-state index in [0.29, 0.717) is 18.0 Å². The van der Waals surface area contributed by atoms with Gasteiger partial charge in [0, 0.05) is 60.8 Å². The van der Waals surface area contributed by atoms with Crippen molar-refractivity contribution in [3.8, 4) is 5.75 Å². The van der Waals surface area contributed by atoms with Gasteiger partial charge in [-0.2, -0.15) is 0 Å². The number of ether oxygens (including phenoxy) is 1. The number of aliphatic hydroxyl groups is 1. The van der Waals surface area contributed by atoms with Gasteiger partial charge >= 0.3 is 0 Å². The van der Waals surface area contributed by atoms with Gasteiger partial charge in [0.2, 0.25) is 0 Å². The predicted molar refractivity (Wildman–Crippen MR) is 161 cm³/mol. The lowest BCUT2D eigenvalue weighted by molar-refractivity contribution is -0.00553. The molecule has 4 aromatic carbocycles. The first-order valence-corrected chi connectivity index (χ1v) is 14.1. The van der Waals surface area contributed by atoms with Crippen LogP contribution in [0.15, 0.2) is 103 Å². The molecule has 1 aliphatic rings. The van der Waals surface area contributed by atoms with Crippen molar-refractivity contribution >= 4 is 28.9 Å². The molecule has 5 rings (SSSR count). The van der Waals surface area contributed by atoms with E-state index in [0.717, 1.165) is 59.3 Å². The van der Waals surface area contributed by atoms with E-state index in [1.807, 2.05) is 72.8 Å². The van der Waals surface area contributed by atoms with Crippen molar-refractivity contribution < 1.29 is 9.84 Å². The Labute approximate surface area is 241 Å². The van der Waals surface area contributed by atoms with E-state index in [-0.39, 0.29) is 5.92 Å². The fourth-order valence-corrected chi connectivity index (χ4v) is 5.87. The number of benzene rings is 4. The van der Waals surface area contributed by atoms with Gasteiger partial charge in [0.15, 0.2) is 0 Å². The fourth-order valence-electron chi connectivity index (χ4n) is 5.56. The first-order valence-electron chi connectivity index (χ1n) is 13.3. The topological polar surface area (TPSA) is 35.9 Å². The monoisotopic (exact) mass is 560 g/mol. The molecule has 1 N–H and O–H groups in total. The SMILES string of the molecule is COc1ccc([C@](O)(Cc2ccccc2)[C@H](CN2CCN(c3cccc(Cl)c3)CC2)c2ccc(Cl)cc2)cc1. The number of piperazine rings is 1. The number of halogens is 2. The lowest BCUT2D eigenvalue weighted by Crippen LogP contribution is -2.50. The molecule has 0 bridgehead atoms. The summed E-state index contributed by atoms with van der Waals surface area (Å²) >= 11 is 12.5. The van der Waals surface area contributed by atoms with Gasteiger partial charge in [-0.3, -0.25) is 4.90 Å². The molecule has 0 amide bonds. The number of methoxy groups -OCH3 is 1. The average Bonchev–Trinajstić information content (AvgIpc) is 2.97. The molecule has 0 unspecified atom stereocenters. The van der Waals surface area contributed by atoms with Crippen molar-refractivity contribution in [1.29, 1.82) is 0 Å². The smallest absolute Gasteiger partial charge is 0.118 e. The first-order chi connectivity index (χ1) is 18.9. The molecule has 1 fully saturated rings. The molecule has 202 valence electrons. The molecule has 0 aliphatic carbocycles. The van der Waals surface area contributed by atoms with Crippen LogP contribution in [0, 0.1) is 0 Å². The van der Waals surface area contributed by atoms with Gasteiger partial charge in [-0.05, 0) is 59.2 Å². The number of rotatable bonds is 9. The highest BCUT2D eigenvalue weighted by Crippen LogP contribution is 2.41. The van der Waals surface area contributed by atoms with Crippen LogP contribution in [0.1, 0.15) is 22.6 Å². The summed E-state index contributed by atoms with van der Waals surface area (Å²) in [6.07, 6.45) is 0.482. The number of hydrogen-bond acceptors (Lipinski definition) is 4. The second-order valence-corrected chi connectivity index (χ2v) is 11.1. The van der Waals surface area contributed by atoms with Crippen LogP contribution in [-0.2, 0) is 12.0 Å². The van der Waals surface area contributed by atoms with Gasteiger partial charge in [-0.25, -0.2) is 0 Å². The Bertz CT molecular complexity index is 1340. The van der Waals surface area contributed by atoms with Gasteiger partial charge in [0.1, 0.15) is 11.4 Å². The highest BCUT2D eigenvalue weighted by molar-refractivity contribution is 6.31. The zero-order chi connectivity index (χ0) is 27.2. The lowest BCUT2D eigenvalue weighted by Gasteiger charge is -2.43. The molecule has 0 radical (unpaired) electrons. The van der Waals surface area contributed by atoms with Crippen LogP contribution in [0.5, 0.6) is 5.75 Å². The largest absolute Gasteiger partial charge is 0.497 e. The van der Waals surface area contributed by atoms with Crippen LogP contribution in [0.3, 0.4) is 0 Å². The molecule has 0 spiro atoms. The summed E-state index contributed by atoms with van der Waals surface area (Å²) in [5, 5.41) is 14.2. The highest BCUT2D eigenvalue weighted by atomic mass is 35.5. The summed E-state index contributed by atoms with van der Waals surface area (Å²) in [5.74, 6) is 0.571. The van der Waals surface area contributed by atoms with Gasteiger partial charge in [-0.15, -0.1) is 0 Å². The molecule has 4 aromatic rings. The molecular formula is C33H34Cl2N2O2. The molecule has 39 heavy (non-hydrogen) atoms. The summed E-state index contributed by atoms with van der Waals surface area (Å²) in [6.45, 7) is 4.28. The van der Waals surface area contributed by atoms with E-state index in [2.05, 4.69) is 40.1 Å².